The summed E-state index contributed by atoms with van der Waals surface area (Å²) in [6, 6.07) is 2.09. The minimum absolute atomic E-state index is 0.552. The van der Waals surface area contributed by atoms with E-state index in [4.69, 9.17) is 15.8 Å². The van der Waals surface area contributed by atoms with Crippen molar-refractivity contribution in [2.75, 3.05) is 5.73 Å². The van der Waals surface area contributed by atoms with Gasteiger partial charge in [0.15, 0.2) is 0 Å². The van der Waals surface area contributed by atoms with Crippen LogP contribution in [0.15, 0.2) is 18.2 Å². The molecule has 0 aliphatic rings. The summed E-state index contributed by atoms with van der Waals surface area (Å²) < 4.78 is 89.2. The van der Waals surface area contributed by atoms with Gasteiger partial charge < -0.3 is 15.8 Å². The minimum Gasteiger partial charge on any atom is -0.423 e. The molecule has 0 atom stereocenters. The second-order valence-electron chi connectivity index (χ2n) is 3.83. The second kappa shape index (κ2) is 4.81. The van der Waals surface area contributed by atoms with Crippen LogP contribution in [0.2, 0.25) is 0 Å². The molecule has 0 fully saturated rings. The summed E-state index contributed by atoms with van der Waals surface area (Å²) in [7, 11) is -2.69. The second-order valence-corrected chi connectivity index (χ2v) is 3.83. The molecule has 112 valence electrons. The van der Waals surface area contributed by atoms with Crippen LogP contribution < -0.4 is 11.2 Å². The Morgan fingerprint density at radius 1 is 0.950 bits per heavy atom. The van der Waals surface area contributed by atoms with Crippen molar-refractivity contribution in [1.29, 1.82) is 0 Å². The van der Waals surface area contributed by atoms with Crippen LogP contribution in [0.25, 0.3) is 0 Å². The summed E-state index contributed by atoms with van der Waals surface area (Å²) >= 11 is 0. The first-order valence-corrected chi connectivity index (χ1v) is 4.91. The zero-order valence-electron chi connectivity index (χ0n) is 9.43. The monoisotopic (exact) mass is 305 g/mol. The van der Waals surface area contributed by atoms with Crippen LogP contribution >= 0.6 is 0 Å². The van der Waals surface area contributed by atoms with Gasteiger partial charge in [-0.3, -0.25) is 0 Å². The van der Waals surface area contributed by atoms with Crippen LogP contribution in [-0.2, 0) is 5.92 Å². The minimum atomic E-state index is -6.55. The zero-order valence-corrected chi connectivity index (χ0v) is 9.43. The molecular weight excluding hydrogens is 298 g/mol. The Morgan fingerprint density at radius 2 is 1.45 bits per heavy atom. The molecule has 0 spiro atoms. The number of halogens is 7. The molecule has 20 heavy (non-hydrogen) atoms. The van der Waals surface area contributed by atoms with Gasteiger partial charge in [-0.05, 0) is 11.5 Å². The smallest absolute Gasteiger partial charge is 0.423 e. The van der Waals surface area contributed by atoms with Gasteiger partial charge in [0, 0.05) is 5.69 Å². The van der Waals surface area contributed by atoms with Crippen molar-refractivity contribution in [2.24, 2.45) is 0 Å². The summed E-state index contributed by atoms with van der Waals surface area (Å²) in [5, 5.41) is 17.6. The van der Waals surface area contributed by atoms with Gasteiger partial charge in [-0.1, -0.05) is 12.1 Å². The van der Waals surface area contributed by atoms with E-state index in [0.29, 0.717) is 12.1 Å². The third-order valence-corrected chi connectivity index (χ3v) is 2.47. The Bertz CT molecular complexity index is 504. The number of benzene rings is 1. The van der Waals surface area contributed by atoms with E-state index in [9.17, 15) is 30.7 Å². The third kappa shape index (κ3) is 2.42. The lowest BCUT2D eigenvalue weighted by atomic mass is 9.74. The van der Waals surface area contributed by atoms with Crippen molar-refractivity contribution >= 4 is 18.3 Å². The molecule has 0 aliphatic carbocycles. The number of nitrogens with two attached hydrogens (primary N) is 1. The predicted molar refractivity (Wildman–Crippen MR) is 55.6 cm³/mol. The molecule has 0 bridgehead atoms. The fourth-order valence-corrected chi connectivity index (χ4v) is 1.50. The molecule has 11 heteroatoms. The Labute approximate surface area is 108 Å². The van der Waals surface area contributed by atoms with E-state index in [1.54, 1.807) is 0 Å². The van der Waals surface area contributed by atoms with Crippen LogP contribution in [0.5, 0.6) is 0 Å². The zero-order chi connectivity index (χ0) is 15.9. The molecule has 0 unspecified atom stereocenters. The molecule has 0 aromatic heterocycles. The molecule has 0 aliphatic heterocycles. The molecule has 0 heterocycles. The Balaban J connectivity index is 3.58. The first-order valence-electron chi connectivity index (χ1n) is 4.91. The van der Waals surface area contributed by atoms with E-state index in [0.717, 1.165) is 6.07 Å². The summed E-state index contributed by atoms with van der Waals surface area (Å²) in [6.45, 7) is 0. The van der Waals surface area contributed by atoms with Gasteiger partial charge in [-0.2, -0.15) is 30.7 Å². The molecule has 3 nitrogen and oxygen atoms in total. The van der Waals surface area contributed by atoms with Crippen LogP contribution in [0.1, 0.15) is 5.56 Å². The number of rotatable bonds is 3. The molecule has 1 rings (SSSR count). The molecule has 4 N–H and O–H groups in total. The maximum atomic E-state index is 13.5. The van der Waals surface area contributed by atoms with E-state index in [1.807, 2.05) is 0 Å². The molecule has 0 amide bonds. The lowest BCUT2D eigenvalue weighted by molar-refractivity contribution is -0.359. The maximum absolute atomic E-state index is 13.5. The van der Waals surface area contributed by atoms with Gasteiger partial charge in [-0.25, -0.2) is 0 Å². The highest BCUT2D eigenvalue weighted by Crippen LogP contribution is 2.52. The molecule has 0 radical (unpaired) electrons. The summed E-state index contributed by atoms with van der Waals surface area (Å²) in [4.78, 5) is 0. The van der Waals surface area contributed by atoms with Crippen molar-refractivity contribution in [1.82, 2.24) is 0 Å². The van der Waals surface area contributed by atoms with Crippen LogP contribution in [-0.4, -0.2) is 29.3 Å². The lowest BCUT2D eigenvalue weighted by Crippen LogP contribution is -2.53. The first-order chi connectivity index (χ1) is 8.84. The number of hydrogen-bond donors (Lipinski definition) is 3. The van der Waals surface area contributed by atoms with Gasteiger partial charge in [0.25, 0.3) is 0 Å². The van der Waals surface area contributed by atoms with Crippen LogP contribution in [0.3, 0.4) is 0 Å². The Morgan fingerprint density at radius 3 is 1.85 bits per heavy atom. The number of nitrogen functional groups attached to an aromatic ring is 1. The van der Waals surface area contributed by atoms with Crippen molar-refractivity contribution in [3.8, 4) is 0 Å². The van der Waals surface area contributed by atoms with Gasteiger partial charge in [0.2, 0.25) is 0 Å². The molecule has 0 saturated heterocycles. The number of hydrogen-bond acceptors (Lipinski definition) is 3. The highest BCUT2D eigenvalue weighted by Gasteiger charge is 2.74. The quantitative estimate of drug-likeness (QED) is 0.447. The average molecular weight is 305 g/mol. The van der Waals surface area contributed by atoms with E-state index in [-0.39, 0.29) is 0 Å². The van der Waals surface area contributed by atoms with E-state index < -0.39 is 41.9 Å². The molecule has 1 aromatic carbocycles. The van der Waals surface area contributed by atoms with Crippen molar-refractivity contribution < 1.29 is 40.8 Å². The standard InChI is InChI=1S/C9H7BF7NO2/c11-7(12,8(13,14)9(15,16)17)6-4(10(19)20)2-1-3-5(6)18/h1-3,19-20H,18H2. The van der Waals surface area contributed by atoms with Crippen LogP contribution in [0, 0.1) is 0 Å². The number of anilines is 1. The maximum Gasteiger partial charge on any atom is 0.489 e. The van der Waals surface area contributed by atoms with Crippen molar-refractivity contribution in [3.05, 3.63) is 23.8 Å². The number of alkyl halides is 7. The summed E-state index contributed by atoms with van der Waals surface area (Å²) in [6.07, 6.45) is -6.55. The van der Waals surface area contributed by atoms with E-state index in [1.165, 1.54) is 0 Å². The SMILES string of the molecule is Nc1cccc(B(O)O)c1C(F)(F)C(F)(F)C(F)(F)F. The molecular formula is C9H7BF7NO2. The van der Waals surface area contributed by atoms with Gasteiger partial charge in [-0.15, -0.1) is 0 Å². The predicted octanol–water partition coefficient (Wildman–Crippen LogP) is 1.24. The average Bonchev–Trinajstić information content (AvgIpc) is 2.26. The normalized spacial score (nSPS) is 13.4. The summed E-state index contributed by atoms with van der Waals surface area (Å²) in [5.41, 5.74) is 0.650. The highest BCUT2D eigenvalue weighted by molar-refractivity contribution is 6.59. The van der Waals surface area contributed by atoms with E-state index in [2.05, 4.69) is 0 Å². The molecule has 1 aromatic rings. The fraction of sp³-hybridized carbons (Fsp3) is 0.333. The Kier molecular flexibility index (Phi) is 3.98. The summed E-state index contributed by atoms with van der Waals surface area (Å²) in [5.74, 6) is -12.2. The first kappa shape index (κ1) is 16.6. The van der Waals surface area contributed by atoms with Gasteiger partial charge >= 0.3 is 25.1 Å². The van der Waals surface area contributed by atoms with E-state index >= 15 is 0 Å². The van der Waals surface area contributed by atoms with Crippen molar-refractivity contribution in [3.63, 3.8) is 0 Å². The van der Waals surface area contributed by atoms with Gasteiger partial charge in [0.05, 0.1) is 5.56 Å². The Hall–Kier alpha value is -1.49. The lowest BCUT2D eigenvalue weighted by Gasteiger charge is -2.30. The largest absolute Gasteiger partial charge is 0.489 e. The highest BCUT2D eigenvalue weighted by atomic mass is 19.4. The fourth-order valence-electron chi connectivity index (χ4n) is 1.50. The van der Waals surface area contributed by atoms with Gasteiger partial charge in [0.1, 0.15) is 0 Å². The third-order valence-electron chi connectivity index (χ3n) is 2.47. The molecule has 0 saturated carbocycles. The topological polar surface area (TPSA) is 66.5 Å². The van der Waals surface area contributed by atoms with Crippen molar-refractivity contribution in [2.45, 2.75) is 18.0 Å². The van der Waals surface area contributed by atoms with Crippen LogP contribution in [0.4, 0.5) is 36.4 Å².